The monoisotopic (exact) mass is 380 g/mol. The van der Waals surface area contributed by atoms with Gasteiger partial charge in [0.2, 0.25) is 0 Å². The third-order valence-electron chi connectivity index (χ3n) is 5.68. The Kier molecular flexibility index (Phi) is 4.52. The van der Waals surface area contributed by atoms with E-state index < -0.39 is 0 Å². The zero-order valence-electron chi connectivity index (χ0n) is 15.8. The number of rotatable bonds is 6. The minimum atomic E-state index is -0.0594. The normalized spacial score (nSPS) is 18.6. The highest BCUT2D eigenvalue weighted by atomic mass is 16.1. The Labute approximate surface area is 162 Å². The number of hydrogen-bond donors (Lipinski definition) is 0. The molecule has 1 aliphatic carbocycles. The summed E-state index contributed by atoms with van der Waals surface area (Å²) in [6.07, 6.45) is 9.99. The van der Waals surface area contributed by atoms with Crippen molar-refractivity contribution in [2.24, 2.45) is 5.92 Å². The molecule has 0 N–H and O–H groups in total. The zero-order chi connectivity index (χ0) is 18.9. The fourth-order valence-corrected chi connectivity index (χ4v) is 3.90. The van der Waals surface area contributed by atoms with Crippen molar-refractivity contribution in [2.75, 3.05) is 13.1 Å². The second kappa shape index (κ2) is 7.31. The second-order valence-electron chi connectivity index (χ2n) is 7.77. The van der Waals surface area contributed by atoms with Gasteiger partial charge in [0.1, 0.15) is 12.2 Å². The van der Waals surface area contributed by atoms with Crippen LogP contribution in [0.4, 0.5) is 0 Å². The van der Waals surface area contributed by atoms with Gasteiger partial charge in [-0.05, 0) is 56.8 Å². The van der Waals surface area contributed by atoms with E-state index in [0.717, 1.165) is 38.3 Å². The predicted molar refractivity (Wildman–Crippen MR) is 102 cm³/mol. The maximum Gasteiger partial charge on any atom is 0.266 e. The highest BCUT2D eigenvalue weighted by molar-refractivity contribution is 5.17. The molecule has 1 aliphatic heterocycles. The first kappa shape index (κ1) is 17.3. The summed E-state index contributed by atoms with van der Waals surface area (Å²) in [7, 11) is 0. The first-order valence-corrected chi connectivity index (χ1v) is 9.95. The van der Waals surface area contributed by atoms with Crippen LogP contribution in [0.5, 0.6) is 0 Å². The first-order valence-electron chi connectivity index (χ1n) is 9.95. The summed E-state index contributed by atoms with van der Waals surface area (Å²) in [5, 5.41) is 17.1. The summed E-state index contributed by atoms with van der Waals surface area (Å²) in [5.74, 6) is 2.20. The molecule has 146 valence electrons. The summed E-state index contributed by atoms with van der Waals surface area (Å²) in [5.41, 5.74) is -0.0594. The van der Waals surface area contributed by atoms with Crippen molar-refractivity contribution in [3.8, 4) is 5.82 Å². The van der Waals surface area contributed by atoms with Crippen LogP contribution in [0.1, 0.15) is 37.5 Å². The molecule has 0 unspecified atom stereocenters. The average Bonchev–Trinajstić information content (AvgIpc) is 3.21. The Morgan fingerprint density at radius 3 is 2.71 bits per heavy atom. The van der Waals surface area contributed by atoms with Gasteiger partial charge in [-0.25, -0.2) is 9.36 Å². The minimum Gasteiger partial charge on any atom is -0.313 e. The van der Waals surface area contributed by atoms with Gasteiger partial charge in [-0.2, -0.15) is 5.10 Å². The van der Waals surface area contributed by atoms with Gasteiger partial charge in [0.05, 0.1) is 6.54 Å². The number of nitrogens with zero attached hydrogens (tertiary/aromatic N) is 8. The Hall–Kier alpha value is -2.81. The number of likely N-dealkylation sites (tertiary alicyclic amines) is 1. The average molecular weight is 380 g/mol. The molecule has 0 radical (unpaired) electrons. The largest absolute Gasteiger partial charge is 0.313 e. The Bertz CT molecular complexity index is 980. The third-order valence-corrected chi connectivity index (χ3v) is 5.68. The van der Waals surface area contributed by atoms with Crippen LogP contribution in [-0.4, -0.2) is 52.3 Å². The van der Waals surface area contributed by atoms with Crippen molar-refractivity contribution in [1.29, 1.82) is 0 Å². The predicted octanol–water partition coefficient (Wildman–Crippen LogP) is 1.27. The molecule has 3 aromatic heterocycles. The van der Waals surface area contributed by atoms with Crippen LogP contribution in [0.15, 0.2) is 41.7 Å². The first-order chi connectivity index (χ1) is 13.8. The SMILES string of the molecule is O=c1ccc(-n2cccn2)nn1CC1CCN(Cc2nncn2C2CC2)CC1. The number of piperidine rings is 1. The van der Waals surface area contributed by atoms with E-state index in [1.807, 2.05) is 18.6 Å². The summed E-state index contributed by atoms with van der Waals surface area (Å²) in [6, 6.07) is 5.74. The van der Waals surface area contributed by atoms with E-state index in [1.165, 1.54) is 12.8 Å². The Balaban J connectivity index is 1.20. The quantitative estimate of drug-likeness (QED) is 0.640. The molecule has 0 aromatic carbocycles. The van der Waals surface area contributed by atoms with Gasteiger partial charge in [-0.15, -0.1) is 15.3 Å². The van der Waals surface area contributed by atoms with E-state index >= 15 is 0 Å². The van der Waals surface area contributed by atoms with Gasteiger partial charge in [-0.1, -0.05) is 0 Å². The van der Waals surface area contributed by atoms with Crippen molar-refractivity contribution in [2.45, 2.75) is 44.8 Å². The van der Waals surface area contributed by atoms with E-state index in [2.05, 4.69) is 29.9 Å². The van der Waals surface area contributed by atoms with E-state index in [9.17, 15) is 4.79 Å². The minimum absolute atomic E-state index is 0.0594. The molecule has 2 aliphatic rings. The van der Waals surface area contributed by atoms with Crippen molar-refractivity contribution in [3.63, 3.8) is 0 Å². The Morgan fingerprint density at radius 1 is 1.11 bits per heavy atom. The van der Waals surface area contributed by atoms with E-state index in [4.69, 9.17) is 0 Å². The van der Waals surface area contributed by atoms with E-state index in [1.54, 1.807) is 27.7 Å². The Morgan fingerprint density at radius 2 is 1.96 bits per heavy atom. The van der Waals surface area contributed by atoms with Gasteiger partial charge in [0.15, 0.2) is 5.82 Å². The smallest absolute Gasteiger partial charge is 0.266 e. The van der Waals surface area contributed by atoms with Gasteiger partial charge in [0.25, 0.3) is 5.56 Å². The molecule has 5 rings (SSSR count). The number of aromatic nitrogens is 7. The van der Waals surface area contributed by atoms with Crippen molar-refractivity contribution in [3.05, 3.63) is 53.1 Å². The third kappa shape index (κ3) is 3.62. The highest BCUT2D eigenvalue weighted by Crippen LogP contribution is 2.35. The van der Waals surface area contributed by atoms with Crippen LogP contribution in [-0.2, 0) is 13.1 Å². The van der Waals surface area contributed by atoms with Crippen molar-refractivity contribution >= 4 is 0 Å². The van der Waals surface area contributed by atoms with Gasteiger partial charge in [0, 0.05) is 31.0 Å². The lowest BCUT2D eigenvalue weighted by atomic mass is 9.97. The molecule has 9 heteroatoms. The van der Waals surface area contributed by atoms with Crippen LogP contribution in [0.25, 0.3) is 5.82 Å². The van der Waals surface area contributed by atoms with Gasteiger partial charge < -0.3 is 4.57 Å². The highest BCUT2D eigenvalue weighted by Gasteiger charge is 2.27. The van der Waals surface area contributed by atoms with E-state index in [-0.39, 0.29) is 5.56 Å². The lowest BCUT2D eigenvalue weighted by Crippen LogP contribution is -2.37. The fourth-order valence-electron chi connectivity index (χ4n) is 3.90. The second-order valence-corrected chi connectivity index (χ2v) is 7.77. The van der Waals surface area contributed by atoms with Crippen LogP contribution in [0.3, 0.4) is 0 Å². The maximum atomic E-state index is 12.2. The number of hydrogen-bond acceptors (Lipinski definition) is 6. The molecule has 0 atom stereocenters. The van der Waals surface area contributed by atoms with E-state index in [0.29, 0.717) is 24.3 Å². The molecule has 9 nitrogen and oxygen atoms in total. The van der Waals surface area contributed by atoms with Crippen LogP contribution in [0.2, 0.25) is 0 Å². The summed E-state index contributed by atoms with van der Waals surface area (Å²) >= 11 is 0. The van der Waals surface area contributed by atoms with Gasteiger partial charge >= 0.3 is 0 Å². The van der Waals surface area contributed by atoms with Crippen molar-refractivity contribution < 1.29 is 0 Å². The molecule has 28 heavy (non-hydrogen) atoms. The molecular weight excluding hydrogens is 356 g/mol. The molecule has 0 spiro atoms. The van der Waals surface area contributed by atoms with Crippen LogP contribution < -0.4 is 5.56 Å². The van der Waals surface area contributed by atoms with Crippen molar-refractivity contribution in [1.82, 2.24) is 39.2 Å². The fraction of sp³-hybridized carbons (Fsp3) is 0.526. The molecular formula is C19H24N8O. The lowest BCUT2D eigenvalue weighted by Gasteiger charge is -2.31. The van der Waals surface area contributed by atoms with Gasteiger partial charge in [-0.3, -0.25) is 9.69 Å². The van der Waals surface area contributed by atoms with Crippen LogP contribution in [0, 0.1) is 5.92 Å². The van der Waals surface area contributed by atoms with Crippen LogP contribution >= 0.6 is 0 Å². The lowest BCUT2D eigenvalue weighted by molar-refractivity contribution is 0.158. The molecule has 1 saturated heterocycles. The summed E-state index contributed by atoms with van der Waals surface area (Å²) in [6.45, 7) is 3.53. The molecule has 3 aromatic rings. The maximum absolute atomic E-state index is 12.2. The topological polar surface area (TPSA) is 86.7 Å². The molecule has 2 fully saturated rings. The molecule has 1 saturated carbocycles. The molecule has 0 amide bonds. The molecule has 4 heterocycles. The summed E-state index contributed by atoms with van der Waals surface area (Å²) < 4.78 is 5.49. The zero-order valence-corrected chi connectivity index (χ0v) is 15.8. The summed E-state index contributed by atoms with van der Waals surface area (Å²) in [4.78, 5) is 14.7. The molecule has 0 bridgehead atoms. The standard InChI is InChI=1S/C19H24N8O/c28-19-5-4-17(26-9-1-8-21-26)23-27(19)12-15-6-10-24(11-7-15)13-18-22-20-14-25(18)16-2-3-16/h1,4-5,8-9,14-16H,2-3,6-7,10-13H2.